The summed E-state index contributed by atoms with van der Waals surface area (Å²) in [4.78, 5) is 24.1. The lowest BCUT2D eigenvalue weighted by atomic mass is 10.1. The van der Waals surface area contributed by atoms with Crippen LogP contribution in [0.4, 0.5) is 0 Å². The number of carboxylic acids is 1. The molecular weight excluding hydrogens is 248 g/mol. The number of nitrogens with one attached hydrogen (secondary N) is 1. The molecular formula is C13H18N2O4. The maximum absolute atomic E-state index is 11.2. The summed E-state index contributed by atoms with van der Waals surface area (Å²) in [6.07, 6.45) is 0. The third-order valence-corrected chi connectivity index (χ3v) is 2.64. The van der Waals surface area contributed by atoms with Gasteiger partial charge in [0.05, 0.1) is 13.7 Å². The zero-order chi connectivity index (χ0) is 14.4. The van der Waals surface area contributed by atoms with E-state index < -0.39 is 5.97 Å². The molecule has 1 rings (SSSR count). The number of likely N-dealkylation sites (N-methyl/N-ethyl adjacent to an activating group) is 2. The van der Waals surface area contributed by atoms with Gasteiger partial charge in [-0.15, -0.1) is 0 Å². The van der Waals surface area contributed by atoms with Crippen LogP contribution in [0.15, 0.2) is 18.2 Å². The first-order valence-corrected chi connectivity index (χ1v) is 5.77. The number of hydrogen-bond acceptors (Lipinski definition) is 4. The SMILES string of the molecule is CNC(=O)CN(C)Cc1ccc(OC)c(C(=O)O)c1. The van der Waals surface area contributed by atoms with Gasteiger partial charge in [0, 0.05) is 13.6 Å². The van der Waals surface area contributed by atoms with Crippen LogP contribution in [0, 0.1) is 0 Å². The highest BCUT2D eigenvalue weighted by Gasteiger charge is 2.13. The number of hydrogen-bond donors (Lipinski definition) is 2. The van der Waals surface area contributed by atoms with Crippen molar-refractivity contribution in [1.29, 1.82) is 0 Å². The predicted octanol–water partition coefficient (Wildman–Crippen LogP) is 0.571. The molecule has 0 atom stereocenters. The van der Waals surface area contributed by atoms with Gasteiger partial charge >= 0.3 is 5.97 Å². The van der Waals surface area contributed by atoms with Crippen LogP contribution in [0.2, 0.25) is 0 Å². The topological polar surface area (TPSA) is 78.9 Å². The second-order valence-corrected chi connectivity index (χ2v) is 4.19. The second kappa shape index (κ2) is 6.75. The minimum atomic E-state index is -1.03. The first-order valence-electron chi connectivity index (χ1n) is 5.77. The summed E-state index contributed by atoms with van der Waals surface area (Å²) in [5.74, 6) is -0.799. The van der Waals surface area contributed by atoms with Gasteiger partial charge in [0.2, 0.25) is 5.91 Å². The molecule has 0 aromatic heterocycles. The molecule has 0 fully saturated rings. The summed E-state index contributed by atoms with van der Waals surface area (Å²) in [6, 6.07) is 4.96. The molecule has 0 unspecified atom stereocenters. The largest absolute Gasteiger partial charge is 0.496 e. The minimum Gasteiger partial charge on any atom is -0.496 e. The number of rotatable bonds is 6. The third-order valence-electron chi connectivity index (χ3n) is 2.64. The Morgan fingerprint density at radius 1 is 1.42 bits per heavy atom. The van der Waals surface area contributed by atoms with Crippen molar-refractivity contribution in [3.63, 3.8) is 0 Å². The number of aromatic carboxylic acids is 1. The third kappa shape index (κ3) is 4.26. The zero-order valence-corrected chi connectivity index (χ0v) is 11.3. The Morgan fingerprint density at radius 3 is 2.63 bits per heavy atom. The van der Waals surface area contributed by atoms with E-state index in [4.69, 9.17) is 9.84 Å². The summed E-state index contributed by atoms with van der Waals surface area (Å²) in [5.41, 5.74) is 0.929. The van der Waals surface area contributed by atoms with E-state index in [0.717, 1.165) is 5.56 Å². The molecule has 1 aromatic rings. The molecule has 0 saturated heterocycles. The number of ether oxygens (including phenoxy) is 1. The molecule has 19 heavy (non-hydrogen) atoms. The number of carbonyl (C=O) groups excluding carboxylic acids is 1. The van der Waals surface area contributed by atoms with Gasteiger partial charge in [-0.25, -0.2) is 4.79 Å². The second-order valence-electron chi connectivity index (χ2n) is 4.19. The van der Waals surface area contributed by atoms with Crippen molar-refractivity contribution >= 4 is 11.9 Å². The van der Waals surface area contributed by atoms with Crippen LogP contribution in [0.5, 0.6) is 5.75 Å². The van der Waals surface area contributed by atoms with Gasteiger partial charge in [-0.1, -0.05) is 6.07 Å². The Morgan fingerprint density at radius 2 is 2.11 bits per heavy atom. The number of methoxy groups -OCH3 is 1. The minimum absolute atomic E-state index is 0.0885. The highest BCUT2D eigenvalue weighted by Crippen LogP contribution is 2.20. The standard InChI is InChI=1S/C13H18N2O4/c1-14-12(16)8-15(2)7-9-4-5-11(19-3)10(6-9)13(17)18/h4-6H,7-8H2,1-3H3,(H,14,16)(H,17,18). The first-order chi connectivity index (χ1) is 8.97. The van der Waals surface area contributed by atoms with Gasteiger partial charge < -0.3 is 15.2 Å². The van der Waals surface area contributed by atoms with Crippen LogP contribution in [0.3, 0.4) is 0 Å². The monoisotopic (exact) mass is 266 g/mol. The fraction of sp³-hybridized carbons (Fsp3) is 0.385. The Bertz CT molecular complexity index is 474. The molecule has 0 aliphatic rings. The van der Waals surface area contributed by atoms with E-state index in [2.05, 4.69) is 5.32 Å². The summed E-state index contributed by atoms with van der Waals surface area (Å²) in [7, 11) is 4.80. The molecule has 0 aliphatic heterocycles. The van der Waals surface area contributed by atoms with Gasteiger partial charge in [0.15, 0.2) is 0 Å². The van der Waals surface area contributed by atoms with Crippen molar-refractivity contribution in [2.24, 2.45) is 0 Å². The molecule has 2 N–H and O–H groups in total. The van der Waals surface area contributed by atoms with Gasteiger partial charge in [0.25, 0.3) is 0 Å². The van der Waals surface area contributed by atoms with Crippen molar-refractivity contribution in [1.82, 2.24) is 10.2 Å². The molecule has 0 saturated carbocycles. The molecule has 0 aliphatic carbocycles. The highest BCUT2D eigenvalue weighted by molar-refractivity contribution is 5.91. The van der Waals surface area contributed by atoms with Crippen LogP contribution in [-0.4, -0.2) is 49.6 Å². The van der Waals surface area contributed by atoms with Crippen LogP contribution in [0.1, 0.15) is 15.9 Å². The maximum Gasteiger partial charge on any atom is 0.339 e. The summed E-state index contributed by atoms with van der Waals surface area (Å²) in [6.45, 7) is 0.739. The number of carbonyl (C=O) groups is 2. The van der Waals surface area contributed by atoms with Crippen molar-refractivity contribution in [3.05, 3.63) is 29.3 Å². The zero-order valence-electron chi connectivity index (χ0n) is 11.3. The van der Waals surface area contributed by atoms with E-state index in [-0.39, 0.29) is 18.0 Å². The molecule has 104 valence electrons. The quantitative estimate of drug-likeness (QED) is 0.787. The van der Waals surface area contributed by atoms with E-state index in [1.807, 2.05) is 0 Å². The van der Waals surface area contributed by atoms with Crippen molar-refractivity contribution in [3.8, 4) is 5.75 Å². The Labute approximate surface area is 112 Å². The van der Waals surface area contributed by atoms with Gasteiger partial charge in [-0.05, 0) is 24.7 Å². The van der Waals surface area contributed by atoms with Crippen molar-refractivity contribution in [2.75, 3.05) is 27.7 Å². The fourth-order valence-corrected chi connectivity index (χ4v) is 1.71. The molecule has 0 heterocycles. The lowest BCUT2D eigenvalue weighted by Crippen LogP contribution is -2.32. The maximum atomic E-state index is 11.2. The predicted molar refractivity (Wildman–Crippen MR) is 70.4 cm³/mol. The Hall–Kier alpha value is -2.08. The van der Waals surface area contributed by atoms with Crippen LogP contribution >= 0.6 is 0 Å². The van der Waals surface area contributed by atoms with Gasteiger partial charge in [-0.2, -0.15) is 0 Å². The van der Waals surface area contributed by atoms with Crippen LogP contribution in [-0.2, 0) is 11.3 Å². The van der Waals surface area contributed by atoms with E-state index in [1.54, 1.807) is 37.2 Å². The first kappa shape index (κ1) is 15.0. The van der Waals surface area contributed by atoms with E-state index in [0.29, 0.717) is 12.3 Å². The smallest absolute Gasteiger partial charge is 0.339 e. The lowest BCUT2D eigenvalue weighted by molar-refractivity contribution is -0.121. The van der Waals surface area contributed by atoms with Crippen LogP contribution in [0.25, 0.3) is 0 Å². The van der Waals surface area contributed by atoms with E-state index in [1.165, 1.54) is 7.11 Å². The fourth-order valence-electron chi connectivity index (χ4n) is 1.71. The number of benzene rings is 1. The average molecular weight is 266 g/mol. The summed E-state index contributed by atoms with van der Waals surface area (Å²) < 4.78 is 4.99. The normalized spacial score (nSPS) is 10.3. The van der Waals surface area contributed by atoms with E-state index >= 15 is 0 Å². The average Bonchev–Trinajstić information content (AvgIpc) is 2.38. The van der Waals surface area contributed by atoms with Crippen molar-refractivity contribution < 1.29 is 19.4 Å². The molecule has 1 aromatic carbocycles. The highest BCUT2D eigenvalue weighted by atomic mass is 16.5. The number of nitrogens with zero attached hydrogens (tertiary/aromatic N) is 1. The number of carboxylic acid groups (broad SMARTS) is 1. The van der Waals surface area contributed by atoms with Gasteiger partial charge in [0.1, 0.15) is 11.3 Å². The van der Waals surface area contributed by atoms with Crippen molar-refractivity contribution in [2.45, 2.75) is 6.54 Å². The Kier molecular flexibility index (Phi) is 5.32. The molecule has 6 heteroatoms. The molecule has 6 nitrogen and oxygen atoms in total. The summed E-state index contributed by atoms with van der Waals surface area (Å²) in [5, 5.41) is 11.6. The molecule has 0 spiro atoms. The summed E-state index contributed by atoms with van der Waals surface area (Å²) >= 11 is 0. The van der Waals surface area contributed by atoms with Crippen LogP contribution < -0.4 is 10.1 Å². The van der Waals surface area contributed by atoms with E-state index in [9.17, 15) is 9.59 Å². The molecule has 0 bridgehead atoms. The lowest BCUT2D eigenvalue weighted by Gasteiger charge is -2.16. The number of amides is 1. The van der Waals surface area contributed by atoms with Gasteiger partial charge in [-0.3, -0.25) is 9.69 Å². The molecule has 1 amide bonds. The Balaban J connectivity index is 2.82. The molecule has 0 radical (unpaired) electrons.